The molecule has 2 unspecified atom stereocenters. The zero-order valence-corrected chi connectivity index (χ0v) is 14.7. The molecule has 0 aromatic heterocycles. The number of hydrogen-bond acceptors (Lipinski definition) is 8. The summed E-state index contributed by atoms with van der Waals surface area (Å²) in [6, 6.07) is 0. The van der Waals surface area contributed by atoms with Crippen LogP contribution in [0.4, 0.5) is 0 Å². The number of thioether (sulfide) groups is 2. The molecule has 0 spiro atoms. The fourth-order valence-electron chi connectivity index (χ4n) is 1.54. The van der Waals surface area contributed by atoms with E-state index in [9.17, 15) is 9.90 Å². The molecule has 0 aromatic rings. The molecule has 0 amide bonds. The molecule has 0 saturated heterocycles. The van der Waals surface area contributed by atoms with E-state index in [1.54, 1.807) is 0 Å². The van der Waals surface area contributed by atoms with E-state index in [0.29, 0.717) is 41.6 Å². The number of thiol groups is 1. The second-order valence-electron chi connectivity index (χ2n) is 4.41. The highest BCUT2D eigenvalue weighted by Gasteiger charge is 2.16. The molecule has 0 saturated carbocycles. The Kier molecular flexibility index (Phi) is 15.6. The molecular formula is C13H26O5S3. The highest BCUT2D eigenvalue weighted by molar-refractivity contribution is 7.99. The second kappa shape index (κ2) is 15.3. The fraction of sp³-hybridized carbons (Fsp3) is 0.923. The van der Waals surface area contributed by atoms with E-state index in [2.05, 4.69) is 12.6 Å². The smallest absolute Gasteiger partial charge is 0.306 e. The van der Waals surface area contributed by atoms with Gasteiger partial charge in [-0.1, -0.05) is 0 Å². The van der Waals surface area contributed by atoms with Crippen LogP contribution in [0, 0.1) is 0 Å². The van der Waals surface area contributed by atoms with Crippen molar-refractivity contribution in [2.24, 2.45) is 0 Å². The molecule has 0 heterocycles. The van der Waals surface area contributed by atoms with Gasteiger partial charge in [-0.3, -0.25) is 4.79 Å². The Morgan fingerprint density at radius 2 is 1.71 bits per heavy atom. The number of aliphatic hydroxyl groups excluding tert-OH is 3. The maximum absolute atomic E-state index is 11.5. The lowest BCUT2D eigenvalue weighted by molar-refractivity contribution is -0.147. The van der Waals surface area contributed by atoms with Crippen LogP contribution in [0.15, 0.2) is 0 Å². The Morgan fingerprint density at radius 3 is 2.29 bits per heavy atom. The van der Waals surface area contributed by atoms with Gasteiger partial charge in [0.1, 0.15) is 6.10 Å². The molecular weight excluding hydrogens is 332 g/mol. The first-order chi connectivity index (χ1) is 10.1. The van der Waals surface area contributed by atoms with E-state index in [4.69, 9.17) is 14.9 Å². The number of carbonyl (C=O) groups excluding carboxylic acids is 1. The number of aliphatic hydroxyl groups is 3. The van der Waals surface area contributed by atoms with Gasteiger partial charge in [0.25, 0.3) is 0 Å². The minimum Gasteiger partial charge on any atom is -0.461 e. The third-order valence-electron chi connectivity index (χ3n) is 2.52. The largest absolute Gasteiger partial charge is 0.461 e. The Labute approximate surface area is 140 Å². The summed E-state index contributed by atoms with van der Waals surface area (Å²) in [4.78, 5) is 11.5. The van der Waals surface area contributed by atoms with Crippen LogP contribution in [0.5, 0.6) is 0 Å². The van der Waals surface area contributed by atoms with Crippen molar-refractivity contribution >= 4 is 42.1 Å². The topological polar surface area (TPSA) is 87.0 Å². The van der Waals surface area contributed by atoms with Gasteiger partial charge in [-0.15, -0.1) is 0 Å². The Hall–Kier alpha value is 0.400. The summed E-state index contributed by atoms with van der Waals surface area (Å²) in [6.07, 6.45) is 0.718. The van der Waals surface area contributed by atoms with Crippen molar-refractivity contribution in [2.75, 3.05) is 42.0 Å². The van der Waals surface area contributed by atoms with Gasteiger partial charge in [0.2, 0.25) is 0 Å². The number of ether oxygens (including phenoxy) is 1. The van der Waals surface area contributed by atoms with Gasteiger partial charge >= 0.3 is 5.97 Å². The quantitative estimate of drug-likeness (QED) is 0.208. The molecule has 0 aromatic carbocycles. The minimum absolute atomic E-state index is 0.0996. The number of hydrogen-bond donors (Lipinski definition) is 4. The normalized spacial score (nSPS) is 13.9. The monoisotopic (exact) mass is 358 g/mol. The molecule has 0 aliphatic rings. The lowest BCUT2D eigenvalue weighted by Gasteiger charge is -2.19. The average Bonchev–Trinajstić information content (AvgIpc) is 2.45. The predicted molar refractivity (Wildman–Crippen MR) is 92.4 cm³/mol. The van der Waals surface area contributed by atoms with Gasteiger partial charge in [0.15, 0.2) is 0 Å². The zero-order valence-electron chi connectivity index (χ0n) is 12.1. The zero-order chi connectivity index (χ0) is 15.9. The third kappa shape index (κ3) is 13.8. The Bertz CT molecular complexity index is 256. The summed E-state index contributed by atoms with van der Waals surface area (Å²) in [5, 5.41) is 27.3. The first-order valence-corrected chi connectivity index (χ1v) is 9.93. The number of esters is 1. The van der Waals surface area contributed by atoms with Crippen LogP contribution < -0.4 is 0 Å². The molecule has 3 N–H and O–H groups in total. The van der Waals surface area contributed by atoms with Crippen LogP contribution in [0.2, 0.25) is 0 Å². The van der Waals surface area contributed by atoms with Gasteiger partial charge in [0.05, 0.1) is 25.7 Å². The third-order valence-corrected chi connectivity index (χ3v) is 4.92. The van der Waals surface area contributed by atoms with E-state index in [0.717, 1.165) is 0 Å². The summed E-state index contributed by atoms with van der Waals surface area (Å²) in [6.45, 7) is 0.210. The van der Waals surface area contributed by atoms with Gasteiger partial charge in [-0.25, -0.2) is 0 Å². The molecule has 2 atom stereocenters. The van der Waals surface area contributed by atoms with E-state index in [-0.39, 0.29) is 31.7 Å². The van der Waals surface area contributed by atoms with Crippen molar-refractivity contribution in [1.82, 2.24) is 0 Å². The molecule has 0 aliphatic carbocycles. The van der Waals surface area contributed by atoms with Crippen molar-refractivity contribution in [3.8, 4) is 0 Å². The lowest BCUT2D eigenvalue weighted by Crippen LogP contribution is -2.24. The summed E-state index contributed by atoms with van der Waals surface area (Å²) in [5.41, 5.74) is 0. The molecule has 21 heavy (non-hydrogen) atoms. The molecule has 126 valence electrons. The molecule has 8 heteroatoms. The van der Waals surface area contributed by atoms with Crippen LogP contribution in [-0.4, -0.2) is 75.5 Å². The summed E-state index contributed by atoms with van der Waals surface area (Å²) in [5.74, 6) is 2.59. The van der Waals surface area contributed by atoms with Gasteiger partial charge in [-0.05, 0) is 12.8 Å². The molecule has 5 nitrogen and oxygen atoms in total. The fourth-order valence-corrected chi connectivity index (χ4v) is 3.25. The van der Waals surface area contributed by atoms with Gasteiger partial charge in [0, 0.05) is 28.8 Å². The van der Waals surface area contributed by atoms with Crippen LogP contribution in [0.1, 0.15) is 19.3 Å². The molecule has 0 rings (SSSR count). The standard InChI is InChI=1S/C13H26O5S3/c14-4-7-20-9-11(16)1-2-12(10-21-8-5-15)18-13(17)3-6-19/h11-12,14-16,19H,1-10H2. The first-order valence-electron chi connectivity index (χ1n) is 6.99. The number of carbonyl (C=O) groups is 1. The van der Waals surface area contributed by atoms with E-state index in [1.165, 1.54) is 23.5 Å². The summed E-state index contributed by atoms with van der Waals surface area (Å²) in [7, 11) is 0. The highest BCUT2D eigenvalue weighted by Crippen LogP contribution is 2.15. The van der Waals surface area contributed by atoms with E-state index < -0.39 is 6.10 Å². The Morgan fingerprint density at radius 1 is 1.10 bits per heavy atom. The average molecular weight is 359 g/mol. The number of rotatable bonds is 14. The van der Waals surface area contributed by atoms with Crippen molar-refractivity contribution < 1.29 is 24.9 Å². The van der Waals surface area contributed by atoms with Crippen LogP contribution >= 0.6 is 36.2 Å². The molecule has 0 radical (unpaired) electrons. The first kappa shape index (κ1) is 21.4. The van der Waals surface area contributed by atoms with E-state index in [1.807, 2.05) is 0 Å². The van der Waals surface area contributed by atoms with Crippen molar-refractivity contribution in [3.63, 3.8) is 0 Å². The minimum atomic E-state index is -0.463. The van der Waals surface area contributed by atoms with Crippen molar-refractivity contribution in [3.05, 3.63) is 0 Å². The van der Waals surface area contributed by atoms with Crippen LogP contribution in [0.3, 0.4) is 0 Å². The summed E-state index contributed by atoms with van der Waals surface area (Å²) >= 11 is 7.03. The summed E-state index contributed by atoms with van der Waals surface area (Å²) < 4.78 is 5.37. The van der Waals surface area contributed by atoms with Gasteiger partial charge in [-0.2, -0.15) is 36.2 Å². The molecule has 0 bridgehead atoms. The SMILES string of the molecule is O=C(CCS)OC(CCC(O)CSCCO)CSCCO. The van der Waals surface area contributed by atoms with Crippen LogP contribution in [0.25, 0.3) is 0 Å². The molecule has 0 fully saturated rings. The predicted octanol–water partition coefficient (Wildman–Crippen LogP) is 0.810. The van der Waals surface area contributed by atoms with Gasteiger partial charge < -0.3 is 20.1 Å². The van der Waals surface area contributed by atoms with E-state index >= 15 is 0 Å². The maximum Gasteiger partial charge on any atom is 0.306 e. The maximum atomic E-state index is 11.5. The molecule has 0 aliphatic heterocycles. The second-order valence-corrected chi connectivity index (χ2v) is 7.16. The lowest BCUT2D eigenvalue weighted by atomic mass is 10.1. The van der Waals surface area contributed by atoms with Crippen molar-refractivity contribution in [2.45, 2.75) is 31.5 Å². The Balaban J connectivity index is 4.03. The highest BCUT2D eigenvalue weighted by atomic mass is 32.2. The van der Waals surface area contributed by atoms with Crippen molar-refractivity contribution in [1.29, 1.82) is 0 Å². The van der Waals surface area contributed by atoms with Crippen LogP contribution in [-0.2, 0) is 9.53 Å².